The fourth-order valence-electron chi connectivity index (χ4n) is 2.39. The topological polar surface area (TPSA) is 62.3 Å². The first kappa shape index (κ1) is 20.6. The molecule has 2 aromatic heterocycles. The maximum atomic E-state index is 12.3. The Bertz CT molecular complexity index is 946. The predicted molar refractivity (Wildman–Crippen MR) is 118 cm³/mol. The molecule has 1 N–H and O–H groups in total. The second-order valence-corrected chi connectivity index (χ2v) is 9.50. The molecule has 28 heavy (non-hydrogen) atoms. The van der Waals surface area contributed by atoms with Crippen LogP contribution in [0, 0.1) is 0 Å². The highest BCUT2D eigenvalue weighted by Gasteiger charge is 2.16. The summed E-state index contributed by atoms with van der Waals surface area (Å²) in [6.07, 6.45) is 3.62. The number of anilines is 1. The molecule has 8 heteroatoms. The fraction of sp³-hybridized carbons (Fsp3) is 0.150. The largest absolute Gasteiger partial charge is 0.332 e. The molecule has 3 aromatic rings. The van der Waals surface area contributed by atoms with E-state index < -0.39 is 0 Å². The molecule has 144 valence electrons. The van der Waals surface area contributed by atoms with Crippen LogP contribution in [-0.2, 0) is 10.5 Å². The lowest BCUT2D eigenvalue weighted by molar-refractivity contribution is -0.116. The normalized spacial score (nSPS) is 10.5. The van der Waals surface area contributed by atoms with E-state index in [2.05, 4.69) is 26.2 Å². The number of halogens is 1. The summed E-state index contributed by atoms with van der Waals surface area (Å²) in [6, 6.07) is 15.2. The van der Waals surface area contributed by atoms with Crippen LogP contribution in [0.25, 0.3) is 0 Å². The Kier molecular flexibility index (Phi) is 7.24. The summed E-state index contributed by atoms with van der Waals surface area (Å²) in [7, 11) is 1.62. The van der Waals surface area contributed by atoms with Crippen molar-refractivity contribution in [2.75, 3.05) is 18.9 Å². The molecule has 1 aromatic carbocycles. The van der Waals surface area contributed by atoms with Gasteiger partial charge in [-0.25, -0.2) is 0 Å². The van der Waals surface area contributed by atoms with Gasteiger partial charge >= 0.3 is 0 Å². The van der Waals surface area contributed by atoms with Crippen molar-refractivity contribution < 1.29 is 9.59 Å². The van der Waals surface area contributed by atoms with Crippen molar-refractivity contribution in [3.05, 3.63) is 75.2 Å². The SMILES string of the molecule is CN(CC(=O)Nc1ccc(SCc2cccnc2)cc1)C(=O)c1ccc(Br)s1. The van der Waals surface area contributed by atoms with Gasteiger partial charge in [0.15, 0.2) is 0 Å². The van der Waals surface area contributed by atoms with Gasteiger partial charge in [-0.05, 0) is 64.0 Å². The highest BCUT2D eigenvalue weighted by atomic mass is 79.9. The van der Waals surface area contributed by atoms with E-state index in [0.717, 1.165) is 20.0 Å². The summed E-state index contributed by atoms with van der Waals surface area (Å²) < 4.78 is 0.884. The van der Waals surface area contributed by atoms with E-state index in [1.807, 2.05) is 48.7 Å². The van der Waals surface area contributed by atoms with Crippen LogP contribution in [0.3, 0.4) is 0 Å². The number of nitrogens with zero attached hydrogens (tertiary/aromatic N) is 2. The molecule has 5 nitrogen and oxygen atoms in total. The van der Waals surface area contributed by atoms with Crippen molar-refractivity contribution in [3.8, 4) is 0 Å². The minimum Gasteiger partial charge on any atom is -0.332 e. The Morgan fingerprint density at radius 1 is 1.18 bits per heavy atom. The van der Waals surface area contributed by atoms with E-state index >= 15 is 0 Å². The standard InChI is InChI=1S/C20H18BrN3O2S2/c1-24(20(26)17-8-9-18(21)28-17)12-19(25)23-15-4-6-16(7-5-15)27-13-14-3-2-10-22-11-14/h2-11H,12-13H2,1H3,(H,23,25). The Labute approximate surface area is 180 Å². The third-order valence-corrected chi connectivity index (χ3v) is 6.47. The quantitative estimate of drug-likeness (QED) is 0.493. The second-order valence-electron chi connectivity index (χ2n) is 5.99. The van der Waals surface area contributed by atoms with E-state index in [-0.39, 0.29) is 18.4 Å². The molecule has 0 spiro atoms. The molecule has 0 radical (unpaired) electrons. The van der Waals surface area contributed by atoms with Crippen LogP contribution in [-0.4, -0.2) is 35.3 Å². The van der Waals surface area contributed by atoms with Gasteiger partial charge < -0.3 is 10.2 Å². The first-order valence-corrected chi connectivity index (χ1v) is 11.0. The number of likely N-dealkylation sites (N-methyl/N-ethyl adjacent to an activating group) is 1. The van der Waals surface area contributed by atoms with Crippen molar-refractivity contribution in [2.24, 2.45) is 0 Å². The van der Waals surface area contributed by atoms with Crippen molar-refractivity contribution in [3.63, 3.8) is 0 Å². The highest BCUT2D eigenvalue weighted by molar-refractivity contribution is 9.11. The van der Waals surface area contributed by atoms with E-state index in [4.69, 9.17) is 0 Å². The van der Waals surface area contributed by atoms with Crippen LogP contribution in [0.1, 0.15) is 15.2 Å². The number of thioether (sulfide) groups is 1. The summed E-state index contributed by atoms with van der Waals surface area (Å²) in [5, 5.41) is 2.83. The minimum atomic E-state index is -0.234. The van der Waals surface area contributed by atoms with Gasteiger partial charge in [-0.3, -0.25) is 14.6 Å². The molecule has 0 aliphatic rings. The number of rotatable bonds is 7. The predicted octanol–water partition coefficient (Wildman–Crippen LogP) is 4.91. The zero-order valence-electron chi connectivity index (χ0n) is 15.1. The van der Waals surface area contributed by atoms with Gasteiger partial charge in [0.05, 0.1) is 15.2 Å². The number of benzene rings is 1. The first-order chi connectivity index (χ1) is 13.5. The van der Waals surface area contributed by atoms with E-state index in [0.29, 0.717) is 10.6 Å². The molecule has 0 aliphatic heterocycles. The smallest absolute Gasteiger partial charge is 0.264 e. The maximum Gasteiger partial charge on any atom is 0.264 e. The average molecular weight is 476 g/mol. The molecule has 0 atom stereocenters. The lowest BCUT2D eigenvalue weighted by atomic mass is 10.3. The number of hydrogen-bond donors (Lipinski definition) is 1. The van der Waals surface area contributed by atoms with E-state index in [1.54, 1.807) is 31.1 Å². The molecule has 3 rings (SSSR count). The fourth-order valence-corrected chi connectivity index (χ4v) is 4.60. The van der Waals surface area contributed by atoms with Crippen molar-refractivity contribution in [1.82, 2.24) is 9.88 Å². The van der Waals surface area contributed by atoms with Crippen LogP contribution in [0.5, 0.6) is 0 Å². The lowest BCUT2D eigenvalue weighted by Gasteiger charge is -2.16. The van der Waals surface area contributed by atoms with Crippen molar-refractivity contribution in [2.45, 2.75) is 10.6 Å². The number of aromatic nitrogens is 1. The summed E-state index contributed by atoms with van der Waals surface area (Å²) >= 11 is 6.39. The van der Waals surface area contributed by atoms with Gasteiger partial charge in [0.2, 0.25) is 5.91 Å². The third kappa shape index (κ3) is 5.92. The van der Waals surface area contributed by atoms with Crippen LogP contribution < -0.4 is 5.32 Å². The summed E-state index contributed by atoms with van der Waals surface area (Å²) in [5.74, 6) is 0.431. The zero-order valence-corrected chi connectivity index (χ0v) is 18.3. The zero-order chi connectivity index (χ0) is 19.9. The van der Waals surface area contributed by atoms with Gasteiger partial charge in [0.1, 0.15) is 0 Å². The van der Waals surface area contributed by atoms with Gasteiger partial charge in [-0.2, -0.15) is 0 Å². The molecule has 2 heterocycles. The molecule has 0 unspecified atom stereocenters. The number of nitrogens with one attached hydrogen (secondary N) is 1. The van der Waals surface area contributed by atoms with Crippen LogP contribution in [0.15, 0.2) is 69.6 Å². The van der Waals surface area contributed by atoms with Gasteiger partial charge in [-0.1, -0.05) is 6.07 Å². The maximum absolute atomic E-state index is 12.3. The monoisotopic (exact) mass is 475 g/mol. The molecule has 0 fully saturated rings. The molecular formula is C20H18BrN3O2S2. The Morgan fingerprint density at radius 2 is 1.96 bits per heavy atom. The molecule has 2 amide bonds. The number of carbonyl (C=O) groups excluding carboxylic acids is 2. The molecule has 0 bridgehead atoms. The summed E-state index contributed by atoms with van der Waals surface area (Å²) in [4.78, 5) is 31.8. The first-order valence-electron chi connectivity index (χ1n) is 8.43. The van der Waals surface area contributed by atoms with Crippen molar-refractivity contribution >= 4 is 56.5 Å². The number of thiophene rings is 1. The Hall–Kier alpha value is -2.16. The lowest BCUT2D eigenvalue weighted by Crippen LogP contribution is -2.34. The molecule has 0 saturated heterocycles. The summed E-state index contributed by atoms with van der Waals surface area (Å²) in [5.41, 5.74) is 1.87. The van der Waals surface area contributed by atoms with Crippen molar-refractivity contribution in [1.29, 1.82) is 0 Å². The van der Waals surface area contributed by atoms with Crippen LogP contribution >= 0.6 is 39.0 Å². The van der Waals surface area contributed by atoms with Gasteiger partial charge in [-0.15, -0.1) is 23.1 Å². The third-order valence-electron chi connectivity index (χ3n) is 3.78. The van der Waals surface area contributed by atoms with E-state index in [1.165, 1.54) is 16.2 Å². The van der Waals surface area contributed by atoms with Gasteiger partial charge in [0, 0.05) is 35.8 Å². The summed E-state index contributed by atoms with van der Waals surface area (Å²) in [6.45, 7) is -0.00807. The average Bonchev–Trinajstić information content (AvgIpc) is 3.14. The highest BCUT2D eigenvalue weighted by Crippen LogP contribution is 2.24. The second kappa shape index (κ2) is 9.86. The number of pyridine rings is 1. The molecule has 0 saturated carbocycles. The Morgan fingerprint density at radius 3 is 2.61 bits per heavy atom. The number of carbonyl (C=O) groups is 2. The van der Waals surface area contributed by atoms with Crippen LogP contribution in [0.2, 0.25) is 0 Å². The molecule has 0 aliphatic carbocycles. The van der Waals surface area contributed by atoms with E-state index in [9.17, 15) is 9.59 Å². The van der Waals surface area contributed by atoms with Crippen LogP contribution in [0.4, 0.5) is 5.69 Å². The molecular weight excluding hydrogens is 458 g/mol. The van der Waals surface area contributed by atoms with Gasteiger partial charge in [0.25, 0.3) is 5.91 Å². The minimum absolute atomic E-state index is 0.00807. The number of amides is 2. The Balaban J connectivity index is 1.49. The number of hydrogen-bond acceptors (Lipinski definition) is 5.